The molecule has 6 rings (SSSR count). The summed E-state index contributed by atoms with van der Waals surface area (Å²) >= 11 is 0. The van der Waals surface area contributed by atoms with Crippen molar-refractivity contribution in [2.75, 3.05) is 33.0 Å². The van der Waals surface area contributed by atoms with Crippen LogP contribution in [0.2, 0.25) is 0 Å². The van der Waals surface area contributed by atoms with Gasteiger partial charge in [0.1, 0.15) is 42.0 Å². The van der Waals surface area contributed by atoms with Crippen LogP contribution in [0.25, 0.3) is 44.2 Å². The molecule has 274 valence electrons. The average Bonchev–Trinajstić information content (AvgIpc) is 3.16. The highest BCUT2D eigenvalue weighted by Crippen LogP contribution is 2.27. The maximum atomic E-state index is 12.9. The van der Waals surface area contributed by atoms with Crippen molar-refractivity contribution in [2.24, 2.45) is 5.92 Å². The van der Waals surface area contributed by atoms with E-state index < -0.39 is 17.4 Å². The van der Waals surface area contributed by atoms with Crippen LogP contribution in [0.3, 0.4) is 0 Å². The second-order valence-corrected chi connectivity index (χ2v) is 13.2. The fraction of sp³-hybridized carbons (Fsp3) is 0.273. The van der Waals surface area contributed by atoms with Crippen LogP contribution in [0.1, 0.15) is 30.4 Å². The summed E-state index contributed by atoms with van der Waals surface area (Å²) in [6.07, 6.45) is 3.35. The van der Waals surface area contributed by atoms with Crippen molar-refractivity contribution in [2.45, 2.75) is 39.2 Å². The Morgan fingerprint density at radius 2 is 1.19 bits per heavy atom. The highest BCUT2D eigenvalue weighted by atomic mass is 16.6. The van der Waals surface area contributed by atoms with Gasteiger partial charge in [0.05, 0.1) is 30.6 Å². The van der Waals surface area contributed by atoms with Crippen LogP contribution < -0.4 is 20.7 Å². The number of aliphatic hydroxyl groups excluding tert-OH is 1. The topological polar surface area (TPSA) is 118 Å². The molecule has 0 spiro atoms. The molecule has 53 heavy (non-hydrogen) atoms. The van der Waals surface area contributed by atoms with Gasteiger partial charge in [0.15, 0.2) is 0 Å². The predicted molar refractivity (Wildman–Crippen MR) is 207 cm³/mol. The number of hydrogen-bond acceptors (Lipinski definition) is 9. The third-order valence-electron chi connectivity index (χ3n) is 9.08. The Labute approximate surface area is 308 Å². The molecule has 0 saturated heterocycles. The zero-order valence-corrected chi connectivity index (χ0v) is 30.0. The molecule has 1 atom stereocenters. The molecule has 6 aromatic rings. The van der Waals surface area contributed by atoms with Crippen LogP contribution in [0.5, 0.6) is 11.5 Å². The SMILES string of the molecule is C=COCCCCC(CO)COC(COc1ccc2cc(-c3ccc(C)cc3)c(=O)oc2c1)COc1ccc2cc(-c3ccc(C)cc3)c(=O)oc2c1. The maximum absolute atomic E-state index is 12.9. The largest absolute Gasteiger partial charge is 0.502 e. The van der Waals surface area contributed by atoms with E-state index in [0.29, 0.717) is 47.0 Å². The number of ether oxygens (including phenoxy) is 4. The first-order valence-electron chi connectivity index (χ1n) is 17.8. The number of fused-ring (bicyclic) bond motifs is 2. The van der Waals surface area contributed by atoms with Gasteiger partial charge in [-0.1, -0.05) is 66.2 Å². The Morgan fingerprint density at radius 3 is 1.66 bits per heavy atom. The van der Waals surface area contributed by atoms with Gasteiger partial charge in [-0.2, -0.15) is 0 Å². The van der Waals surface area contributed by atoms with Crippen LogP contribution in [-0.4, -0.2) is 44.2 Å². The molecule has 2 heterocycles. The zero-order chi connectivity index (χ0) is 37.2. The summed E-state index contributed by atoms with van der Waals surface area (Å²) in [6, 6.07) is 29.8. The molecule has 0 bridgehead atoms. The first-order valence-corrected chi connectivity index (χ1v) is 17.8. The molecular formula is C44H44O9. The van der Waals surface area contributed by atoms with Crippen LogP contribution in [0.4, 0.5) is 0 Å². The number of aliphatic hydroxyl groups is 1. The van der Waals surface area contributed by atoms with Crippen LogP contribution in [-0.2, 0) is 9.47 Å². The predicted octanol–water partition coefficient (Wildman–Crippen LogP) is 8.63. The summed E-state index contributed by atoms with van der Waals surface area (Å²) in [5, 5.41) is 11.6. The lowest BCUT2D eigenvalue weighted by atomic mass is 10.0. The number of benzene rings is 4. The Kier molecular flexibility index (Phi) is 12.4. The monoisotopic (exact) mass is 716 g/mol. The van der Waals surface area contributed by atoms with Gasteiger partial charge in [0, 0.05) is 35.4 Å². The Hall–Kier alpha value is -5.64. The van der Waals surface area contributed by atoms with E-state index in [-0.39, 0.29) is 25.7 Å². The minimum Gasteiger partial charge on any atom is -0.502 e. The molecule has 0 aliphatic carbocycles. The lowest BCUT2D eigenvalue weighted by Gasteiger charge is -2.22. The Morgan fingerprint density at radius 1 is 0.679 bits per heavy atom. The lowest BCUT2D eigenvalue weighted by Crippen LogP contribution is -2.31. The number of unbranched alkanes of at least 4 members (excludes halogenated alkanes) is 1. The molecule has 0 saturated carbocycles. The summed E-state index contributed by atoms with van der Waals surface area (Å²) in [5.74, 6) is 0.904. The number of hydrogen-bond donors (Lipinski definition) is 1. The minimum atomic E-state index is -0.536. The van der Waals surface area contributed by atoms with Gasteiger partial charge in [-0.25, -0.2) is 9.59 Å². The number of rotatable bonds is 18. The van der Waals surface area contributed by atoms with Crippen LogP contribution in [0.15, 0.2) is 128 Å². The molecule has 4 aromatic carbocycles. The molecule has 9 heteroatoms. The quantitative estimate of drug-likeness (QED) is 0.0530. The Bertz CT molecular complexity index is 2100. The molecule has 1 N–H and O–H groups in total. The van der Waals surface area contributed by atoms with Crippen molar-refractivity contribution in [3.8, 4) is 33.8 Å². The fourth-order valence-electron chi connectivity index (χ4n) is 5.96. The minimum absolute atomic E-state index is 0.0285. The van der Waals surface area contributed by atoms with Gasteiger partial charge in [-0.15, -0.1) is 0 Å². The van der Waals surface area contributed by atoms with Crippen molar-refractivity contribution >= 4 is 21.9 Å². The van der Waals surface area contributed by atoms with E-state index in [2.05, 4.69) is 6.58 Å². The van der Waals surface area contributed by atoms with Crippen LogP contribution >= 0.6 is 0 Å². The number of aryl methyl sites for hydroxylation is 2. The molecule has 0 aliphatic rings. The van der Waals surface area contributed by atoms with Crippen molar-refractivity contribution in [1.29, 1.82) is 0 Å². The van der Waals surface area contributed by atoms with E-state index in [1.807, 2.05) is 98.8 Å². The molecule has 0 radical (unpaired) electrons. The van der Waals surface area contributed by atoms with Gasteiger partial charge < -0.3 is 32.9 Å². The summed E-state index contributed by atoms with van der Waals surface area (Å²) < 4.78 is 35.2. The molecule has 0 aliphatic heterocycles. The zero-order valence-electron chi connectivity index (χ0n) is 30.0. The third-order valence-corrected chi connectivity index (χ3v) is 9.08. The second kappa shape index (κ2) is 17.7. The first kappa shape index (κ1) is 37.1. The van der Waals surface area contributed by atoms with Gasteiger partial charge >= 0.3 is 11.3 Å². The van der Waals surface area contributed by atoms with Crippen LogP contribution in [0, 0.1) is 19.8 Å². The molecule has 1 unspecified atom stereocenters. The molecular weight excluding hydrogens is 672 g/mol. The molecule has 9 nitrogen and oxygen atoms in total. The molecule has 2 aromatic heterocycles. The van der Waals surface area contributed by atoms with Crippen molar-refractivity contribution in [3.63, 3.8) is 0 Å². The van der Waals surface area contributed by atoms with E-state index in [9.17, 15) is 14.7 Å². The van der Waals surface area contributed by atoms with Gasteiger partial charge in [0.25, 0.3) is 0 Å². The van der Waals surface area contributed by atoms with E-state index in [0.717, 1.165) is 52.3 Å². The summed E-state index contributed by atoms with van der Waals surface area (Å²) in [6.45, 7) is 8.62. The van der Waals surface area contributed by atoms with E-state index >= 15 is 0 Å². The van der Waals surface area contributed by atoms with Gasteiger partial charge in [-0.05, 0) is 80.6 Å². The highest BCUT2D eigenvalue weighted by molar-refractivity contribution is 5.83. The highest BCUT2D eigenvalue weighted by Gasteiger charge is 2.18. The van der Waals surface area contributed by atoms with E-state index in [1.165, 1.54) is 6.26 Å². The van der Waals surface area contributed by atoms with E-state index in [1.54, 1.807) is 12.1 Å². The standard InChI is InChI=1S/C44H44O9/c1-4-48-20-6-5-7-31(25-45)26-49-38(27-50-36-18-16-34-21-39(43(46)52-41(34)23-36)32-12-8-29(2)9-13-32)28-51-37-19-17-35-22-40(44(47)53-42(35)24-37)33-14-10-30(3)11-15-33/h4,8-19,21-24,31,38,45H,1,5-7,20,25-28H2,2-3H3. The summed E-state index contributed by atoms with van der Waals surface area (Å²) in [4.78, 5) is 25.8. The first-order chi connectivity index (χ1) is 25.8. The van der Waals surface area contributed by atoms with Crippen molar-refractivity contribution in [1.82, 2.24) is 0 Å². The van der Waals surface area contributed by atoms with Crippen molar-refractivity contribution < 1.29 is 32.9 Å². The van der Waals surface area contributed by atoms with Gasteiger partial charge in [-0.3, -0.25) is 0 Å². The fourth-order valence-corrected chi connectivity index (χ4v) is 5.96. The summed E-state index contributed by atoms with van der Waals surface area (Å²) in [7, 11) is 0. The average molecular weight is 717 g/mol. The Balaban J connectivity index is 1.15. The summed E-state index contributed by atoms with van der Waals surface area (Å²) in [5.41, 5.74) is 4.71. The second-order valence-electron chi connectivity index (χ2n) is 13.2. The molecule has 0 fully saturated rings. The lowest BCUT2D eigenvalue weighted by molar-refractivity contribution is -0.0313. The normalized spacial score (nSPS) is 11.9. The van der Waals surface area contributed by atoms with Gasteiger partial charge in [0.2, 0.25) is 0 Å². The van der Waals surface area contributed by atoms with Crippen molar-refractivity contribution in [3.05, 3.63) is 142 Å². The maximum Gasteiger partial charge on any atom is 0.344 e. The smallest absolute Gasteiger partial charge is 0.344 e. The molecule has 0 amide bonds. The third kappa shape index (κ3) is 9.83. The van der Waals surface area contributed by atoms with E-state index in [4.69, 9.17) is 27.8 Å².